The van der Waals surface area contributed by atoms with Crippen LogP contribution in [0.1, 0.15) is 61.5 Å². The van der Waals surface area contributed by atoms with E-state index < -0.39 is 0 Å². The van der Waals surface area contributed by atoms with Crippen molar-refractivity contribution in [3.63, 3.8) is 0 Å². The van der Waals surface area contributed by atoms with E-state index in [2.05, 4.69) is 73.4 Å². The second kappa shape index (κ2) is 12.8. The minimum Gasteiger partial charge on any atom is -0.495 e. The third kappa shape index (κ3) is 6.69. The lowest BCUT2D eigenvalue weighted by atomic mass is 9.75. The highest BCUT2D eigenvalue weighted by Gasteiger charge is 2.50. The van der Waals surface area contributed by atoms with Crippen LogP contribution in [0.4, 0.5) is 5.69 Å². The zero-order valence-corrected chi connectivity index (χ0v) is 27.9. The van der Waals surface area contributed by atoms with E-state index in [1.54, 1.807) is 26.3 Å². The molecule has 2 unspecified atom stereocenters. The molecule has 2 aromatic rings. The number of rotatable bonds is 9. The lowest BCUT2D eigenvalue weighted by molar-refractivity contribution is -0.200. The van der Waals surface area contributed by atoms with Crippen LogP contribution in [0.25, 0.3) is 11.8 Å². The highest BCUT2D eigenvalue weighted by Crippen LogP contribution is 2.41. The molecular formula is C34H47BN5O3P. The zero-order valence-electron chi connectivity index (χ0n) is 26.7. The molecule has 1 aromatic heterocycles. The van der Waals surface area contributed by atoms with Gasteiger partial charge < -0.3 is 30.0 Å². The number of nitrogens with one attached hydrogen (secondary N) is 3. The van der Waals surface area contributed by atoms with E-state index in [1.807, 2.05) is 6.07 Å². The van der Waals surface area contributed by atoms with E-state index in [4.69, 9.17) is 9.47 Å². The predicted octanol–water partition coefficient (Wildman–Crippen LogP) is 1.46. The molecule has 4 aliphatic rings. The Morgan fingerprint density at radius 1 is 1.23 bits per heavy atom. The number of amides is 1. The van der Waals surface area contributed by atoms with Gasteiger partial charge in [-0.3, -0.25) is 9.69 Å². The molecule has 1 amide bonds. The quantitative estimate of drug-likeness (QED) is 0.226. The number of ether oxygens (including phenoxy) is 2. The van der Waals surface area contributed by atoms with Gasteiger partial charge in [-0.1, -0.05) is 18.9 Å². The van der Waals surface area contributed by atoms with Crippen LogP contribution < -0.4 is 31.3 Å². The van der Waals surface area contributed by atoms with Gasteiger partial charge in [-0.2, -0.15) is 0 Å². The summed E-state index contributed by atoms with van der Waals surface area (Å²) >= 11 is 0. The summed E-state index contributed by atoms with van der Waals surface area (Å²) in [5, 5.41) is 12.7. The molecule has 234 valence electrons. The van der Waals surface area contributed by atoms with Gasteiger partial charge in [-0.25, -0.2) is 0 Å². The molecule has 3 heterocycles. The smallest absolute Gasteiger partial charge is 0.251 e. The van der Waals surface area contributed by atoms with E-state index in [0.717, 1.165) is 50.0 Å². The number of likely N-dealkylation sites (tertiary alicyclic amines) is 1. The van der Waals surface area contributed by atoms with Crippen LogP contribution >= 0.6 is 9.24 Å². The van der Waals surface area contributed by atoms with Crippen LogP contribution in [0.5, 0.6) is 5.75 Å². The molecule has 0 bridgehead atoms. The van der Waals surface area contributed by atoms with Gasteiger partial charge in [0.25, 0.3) is 5.91 Å². The lowest BCUT2D eigenvalue weighted by Crippen LogP contribution is -2.68. The molecule has 1 aromatic carbocycles. The molecule has 1 spiro atoms. The number of benzene rings is 1. The second-order valence-corrected chi connectivity index (χ2v) is 15.4. The number of carbonyl (C=O) groups is 1. The van der Waals surface area contributed by atoms with E-state index in [0.29, 0.717) is 29.3 Å². The zero-order chi connectivity index (χ0) is 30.9. The van der Waals surface area contributed by atoms with Gasteiger partial charge in [0.15, 0.2) is 0 Å². The Balaban J connectivity index is 1.16. The average Bonchev–Trinajstić information content (AvgIpc) is 3.30. The summed E-state index contributed by atoms with van der Waals surface area (Å²) in [6, 6.07) is 8.97. The summed E-state index contributed by atoms with van der Waals surface area (Å²) in [6.45, 7) is 8.00. The number of hydrogen-bond acceptors (Lipinski definition) is 6. The fourth-order valence-corrected chi connectivity index (χ4v) is 7.40. The molecule has 2 atom stereocenters. The summed E-state index contributed by atoms with van der Waals surface area (Å²) < 4.78 is 13.4. The SMILES string of the molecule is BC(C)(P)Cn1c(C#CCNc2ccc(C(=O)NC)cc2OC)cc2c1=CCCC=2NC1CCC(N2CC3(COC3)C2)CC1. The molecule has 3 N–H and O–H groups in total. The monoisotopic (exact) mass is 615 g/mol. The molecule has 1 saturated carbocycles. The standard InChI is InChI=1S/C34H47BN5O3P/c1-33(35,44)18-40-26(6-5-15-37-29-14-9-23(32(41)36-2)16-31(29)42-3)17-27-28(7-4-8-30(27)40)38-24-10-12-25(13-11-24)39-19-34(20-39)21-43-22-34/h8-9,14,16-17,24-25,37-38H,4,7,10-13,15,18-22,35,44H2,1-3H3,(H,36,41). The van der Waals surface area contributed by atoms with Gasteiger partial charge in [-0.05, 0) is 73.8 Å². The number of aromatic nitrogens is 1. The number of nitrogens with zero attached hydrogens (tertiary/aromatic N) is 2. The predicted molar refractivity (Wildman–Crippen MR) is 183 cm³/mol. The second-order valence-electron chi connectivity index (χ2n) is 13.8. The molecule has 2 aliphatic carbocycles. The number of fused-ring (bicyclic) bond motifs is 1. The molecule has 44 heavy (non-hydrogen) atoms. The fourth-order valence-electron chi connectivity index (χ4n) is 7.22. The average molecular weight is 616 g/mol. The molecule has 2 aliphatic heterocycles. The molecule has 8 nitrogen and oxygen atoms in total. The van der Waals surface area contributed by atoms with Gasteiger partial charge >= 0.3 is 0 Å². The third-order valence-corrected chi connectivity index (χ3v) is 9.70. The van der Waals surface area contributed by atoms with Gasteiger partial charge in [0.2, 0.25) is 0 Å². The first kappa shape index (κ1) is 31.1. The van der Waals surface area contributed by atoms with Crippen molar-refractivity contribution in [1.82, 2.24) is 20.1 Å². The van der Waals surface area contributed by atoms with Crippen molar-refractivity contribution in [1.29, 1.82) is 0 Å². The van der Waals surface area contributed by atoms with E-state index >= 15 is 0 Å². The summed E-state index contributed by atoms with van der Waals surface area (Å²) in [5.74, 6) is 7.29. The van der Waals surface area contributed by atoms with Crippen LogP contribution in [0.2, 0.25) is 0 Å². The first-order valence-corrected chi connectivity index (χ1v) is 16.7. The van der Waals surface area contributed by atoms with E-state index in [1.165, 1.54) is 55.0 Å². The number of anilines is 1. The summed E-state index contributed by atoms with van der Waals surface area (Å²) in [5.41, 5.74) is 4.29. The summed E-state index contributed by atoms with van der Waals surface area (Å²) in [7, 11) is 8.47. The van der Waals surface area contributed by atoms with Gasteiger partial charge in [0.05, 0.1) is 38.2 Å². The van der Waals surface area contributed by atoms with Crippen molar-refractivity contribution >= 4 is 40.5 Å². The number of methoxy groups -OCH3 is 1. The minimum absolute atomic E-state index is 0.0413. The van der Waals surface area contributed by atoms with Crippen molar-refractivity contribution in [3.8, 4) is 17.6 Å². The van der Waals surface area contributed by atoms with Crippen molar-refractivity contribution in [2.75, 3.05) is 52.3 Å². The maximum atomic E-state index is 12.0. The lowest BCUT2D eigenvalue weighted by Gasteiger charge is -2.58. The van der Waals surface area contributed by atoms with Gasteiger partial charge in [-0.15, -0.1) is 9.24 Å². The van der Waals surface area contributed by atoms with Crippen LogP contribution in [-0.4, -0.2) is 87.4 Å². The highest BCUT2D eigenvalue weighted by molar-refractivity contribution is 7.22. The maximum absolute atomic E-state index is 12.0. The highest BCUT2D eigenvalue weighted by atomic mass is 31.0. The van der Waals surface area contributed by atoms with Crippen LogP contribution in [0.3, 0.4) is 0 Å². The van der Waals surface area contributed by atoms with Crippen LogP contribution in [0, 0.1) is 17.3 Å². The van der Waals surface area contributed by atoms with Crippen LogP contribution in [-0.2, 0) is 11.3 Å². The molecule has 0 radical (unpaired) electrons. The van der Waals surface area contributed by atoms with Crippen molar-refractivity contribution in [2.24, 2.45) is 5.41 Å². The molecule has 6 rings (SSSR count). The third-order valence-electron chi connectivity index (χ3n) is 9.52. The molecule has 3 fully saturated rings. The van der Waals surface area contributed by atoms with Crippen molar-refractivity contribution in [3.05, 3.63) is 46.1 Å². The van der Waals surface area contributed by atoms with Gasteiger partial charge in [0.1, 0.15) is 13.6 Å². The Morgan fingerprint density at radius 2 is 2.00 bits per heavy atom. The number of hydrogen-bond donors (Lipinski definition) is 3. The molecule has 2 saturated heterocycles. The van der Waals surface area contributed by atoms with E-state index in [9.17, 15) is 4.79 Å². The Morgan fingerprint density at radius 3 is 2.66 bits per heavy atom. The minimum atomic E-state index is -0.143. The number of carbonyl (C=O) groups excluding carboxylic acids is 1. The Labute approximate surface area is 265 Å². The largest absolute Gasteiger partial charge is 0.495 e. The maximum Gasteiger partial charge on any atom is 0.251 e. The summed E-state index contributed by atoms with van der Waals surface area (Å²) in [4.78, 5) is 14.7. The topological polar surface area (TPSA) is 79.8 Å². The van der Waals surface area contributed by atoms with Crippen molar-refractivity contribution in [2.45, 2.75) is 69.1 Å². The molecule has 10 heteroatoms. The van der Waals surface area contributed by atoms with Crippen LogP contribution in [0.15, 0.2) is 24.3 Å². The Bertz CT molecular complexity index is 1570. The Kier molecular flexibility index (Phi) is 9.06. The normalized spacial score (nSPS) is 23.5. The fraction of sp³-hybridized carbons (Fsp3) is 0.559. The van der Waals surface area contributed by atoms with Crippen molar-refractivity contribution < 1.29 is 14.3 Å². The first-order valence-electron chi connectivity index (χ1n) is 16.1. The first-order chi connectivity index (χ1) is 21.2. The Hall–Kier alpha value is -2.92. The summed E-state index contributed by atoms with van der Waals surface area (Å²) in [6.07, 6.45) is 9.52. The van der Waals surface area contributed by atoms with Gasteiger partial charge in [0, 0.05) is 66.0 Å². The molecular weight excluding hydrogens is 568 g/mol. The van der Waals surface area contributed by atoms with E-state index in [-0.39, 0.29) is 11.0 Å².